The van der Waals surface area contributed by atoms with Crippen molar-refractivity contribution >= 4 is 5.97 Å². The minimum Gasteiger partial charge on any atom is -0.457 e. The molecule has 0 saturated carbocycles. The van der Waals surface area contributed by atoms with E-state index in [9.17, 15) is 40.5 Å². The van der Waals surface area contributed by atoms with Gasteiger partial charge in [-0.05, 0) is 38.5 Å². The van der Waals surface area contributed by atoms with Crippen molar-refractivity contribution in [2.45, 2.75) is 364 Å². The minimum atomic E-state index is -1.70. The van der Waals surface area contributed by atoms with Crippen LogP contribution in [0.15, 0.2) is 12.2 Å². The van der Waals surface area contributed by atoms with E-state index in [1.165, 1.54) is 231 Å². The summed E-state index contributed by atoms with van der Waals surface area (Å²) in [5, 5.41) is 72.5. The molecule has 0 aliphatic carbocycles. The topological polar surface area (TPSA) is 214 Å². The van der Waals surface area contributed by atoms with Crippen molar-refractivity contribution in [3.05, 3.63) is 12.2 Å². The highest BCUT2D eigenvalue weighted by atomic mass is 16.7. The minimum absolute atomic E-state index is 0.0688. The first kappa shape index (κ1) is 73.8. The standard InChI is InChI=1S/C65H124O14/c1-3-5-7-9-11-13-15-17-19-21-23-24-25-26-27-28-29-31-33-35-37-39-41-43-45-47-49-74-51-54(77-57(67)48-46-44-42-40-38-36-34-32-30-22-20-18-16-14-12-10-8-6-4-2)52-75-64-63(73)61(71)59(69)56(79-64)53-76-65-62(72)60(70)58(68)55(50-66)78-65/h21,23,54-56,58-66,68-73H,3-20,22,24-53H2,1-2H3/b23-21-. The van der Waals surface area contributed by atoms with Crippen LogP contribution in [0.3, 0.4) is 0 Å². The quantitative estimate of drug-likeness (QED) is 0.0172. The van der Waals surface area contributed by atoms with Crippen LogP contribution in [0.2, 0.25) is 0 Å². The largest absolute Gasteiger partial charge is 0.457 e. The molecular weight excluding hydrogens is 1000 g/mol. The van der Waals surface area contributed by atoms with Crippen LogP contribution in [-0.2, 0) is 33.2 Å². The smallest absolute Gasteiger partial charge is 0.306 e. The highest BCUT2D eigenvalue weighted by Gasteiger charge is 2.47. The van der Waals surface area contributed by atoms with Crippen molar-refractivity contribution in [1.82, 2.24) is 0 Å². The molecule has 0 bridgehead atoms. The Morgan fingerprint density at radius 2 is 0.747 bits per heavy atom. The molecule has 0 radical (unpaired) electrons. The molecule has 468 valence electrons. The van der Waals surface area contributed by atoms with Crippen LogP contribution in [0, 0.1) is 0 Å². The second-order valence-corrected chi connectivity index (χ2v) is 23.7. The second-order valence-electron chi connectivity index (χ2n) is 23.7. The van der Waals surface area contributed by atoms with Gasteiger partial charge in [-0.2, -0.15) is 0 Å². The van der Waals surface area contributed by atoms with E-state index in [2.05, 4.69) is 26.0 Å². The van der Waals surface area contributed by atoms with Crippen LogP contribution in [0.5, 0.6) is 0 Å². The van der Waals surface area contributed by atoms with Crippen molar-refractivity contribution in [3.63, 3.8) is 0 Å². The third kappa shape index (κ3) is 38.3. The third-order valence-electron chi connectivity index (χ3n) is 16.3. The van der Waals surface area contributed by atoms with E-state index in [4.69, 9.17) is 28.4 Å². The molecule has 2 fully saturated rings. The average molecular weight is 1130 g/mol. The maximum atomic E-state index is 13.1. The lowest BCUT2D eigenvalue weighted by Crippen LogP contribution is -2.61. The van der Waals surface area contributed by atoms with E-state index in [0.717, 1.165) is 38.5 Å². The number of unbranched alkanes of at least 4 members (excludes halogenated alkanes) is 40. The van der Waals surface area contributed by atoms with Gasteiger partial charge in [0.05, 0.1) is 26.4 Å². The first-order chi connectivity index (χ1) is 38.6. The molecule has 11 unspecified atom stereocenters. The number of esters is 1. The molecule has 14 nitrogen and oxygen atoms in total. The molecule has 0 aromatic carbocycles. The Hall–Kier alpha value is -1.27. The summed E-state index contributed by atoms with van der Waals surface area (Å²) < 4.78 is 34.5. The predicted molar refractivity (Wildman–Crippen MR) is 317 cm³/mol. The number of hydrogen-bond acceptors (Lipinski definition) is 14. The van der Waals surface area contributed by atoms with Crippen molar-refractivity contribution < 1.29 is 69.0 Å². The molecule has 0 spiro atoms. The zero-order valence-electron chi connectivity index (χ0n) is 50.6. The number of carbonyl (C=O) groups is 1. The summed E-state index contributed by atoms with van der Waals surface area (Å²) >= 11 is 0. The Morgan fingerprint density at radius 3 is 1.15 bits per heavy atom. The van der Waals surface area contributed by atoms with Gasteiger partial charge in [0.15, 0.2) is 12.6 Å². The second kappa shape index (κ2) is 52.3. The SMILES string of the molecule is CCCCCCCCCC/C=C\CCCCCCCCCCCCCCCCOCC(COC1OC(COC2OC(CO)C(O)C(O)C2O)C(O)C(O)C1O)OC(=O)CCCCCCCCCCCCCCCCCCCCC. The third-order valence-corrected chi connectivity index (χ3v) is 16.3. The predicted octanol–water partition coefficient (Wildman–Crippen LogP) is 13.3. The lowest BCUT2D eigenvalue weighted by Gasteiger charge is -2.42. The zero-order chi connectivity index (χ0) is 57.2. The van der Waals surface area contributed by atoms with Crippen molar-refractivity contribution in [1.29, 1.82) is 0 Å². The van der Waals surface area contributed by atoms with E-state index in [1.54, 1.807) is 0 Å². The number of aliphatic hydroxyl groups excluding tert-OH is 7. The summed E-state index contributed by atoms with van der Waals surface area (Å²) in [5.41, 5.74) is 0. The summed E-state index contributed by atoms with van der Waals surface area (Å²) in [4.78, 5) is 13.1. The molecule has 11 atom stereocenters. The van der Waals surface area contributed by atoms with Crippen molar-refractivity contribution in [2.75, 3.05) is 33.0 Å². The van der Waals surface area contributed by atoms with Crippen molar-refractivity contribution in [2.24, 2.45) is 0 Å². The molecule has 14 heteroatoms. The molecule has 0 amide bonds. The van der Waals surface area contributed by atoms with Gasteiger partial charge in [0, 0.05) is 13.0 Å². The first-order valence-electron chi connectivity index (χ1n) is 33.3. The maximum absolute atomic E-state index is 13.1. The molecular formula is C65H124O14. The fraction of sp³-hybridized carbons (Fsp3) is 0.954. The maximum Gasteiger partial charge on any atom is 0.306 e. The molecule has 2 saturated heterocycles. The summed E-state index contributed by atoms with van der Waals surface area (Å²) in [6, 6.07) is 0. The molecule has 0 aromatic heterocycles. The number of hydrogen-bond donors (Lipinski definition) is 7. The van der Waals surface area contributed by atoms with Gasteiger partial charge in [0.2, 0.25) is 0 Å². The Morgan fingerprint density at radius 1 is 0.405 bits per heavy atom. The van der Waals surface area contributed by atoms with Crippen LogP contribution in [0.1, 0.15) is 296 Å². The van der Waals surface area contributed by atoms with Crippen molar-refractivity contribution in [3.8, 4) is 0 Å². The Bertz CT molecular complexity index is 1360. The number of aliphatic hydroxyl groups is 7. The zero-order valence-corrected chi connectivity index (χ0v) is 50.6. The average Bonchev–Trinajstić information content (AvgIpc) is 3.46. The molecule has 79 heavy (non-hydrogen) atoms. The van der Waals surface area contributed by atoms with Gasteiger partial charge < -0.3 is 64.2 Å². The number of rotatable bonds is 56. The van der Waals surface area contributed by atoms with Crippen LogP contribution >= 0.6 is 0 Å². The highest BCUT2D eigenvalue weighted by Crippen LogP contribution is 2.27. The fourth-order valence-corrected chi connectivity index (χ4v) is 10.9. The summed E-state index contributed by atoms with van der Waals surface area (Å²) in [6.07, 6.45) is 44.3. The van der Waals surface area contributed by atoms with Gasteiger partial charge >= 0.3 is 5.97 Å². The number of ether oxygens (including phenoxy) is 6. The van der Waals surface area contributed by atoms with Gasteiger partial charge in [0.25, 0.3) is 0 Å². The molecule has 2 aliphatic heterocycles. The lowest BCUT2D eigenvalue weighted by atomic mass is 9.98. The molecule has 0 aromatic rings. The number of allylic oxidation sites excluding steroid dienone is 2. The fourth-order valence-electron chi connectivity index (χ4n) is 10.9. The van der Waals surface area contributed by atoms with E-state index in [-0.39, 0.29) is 25.6 Å². The summed E-state index contributed by atoms with van der Waals surface area (Å²) in [5.74, 6) is -0.367. The molecule has 2 rings (SSSR count). The Kier molecular flexibility index (Phi) is 48.9. The van der Waals surface area contributed by atoms with Gasteiger partial charge in [-0.3, -0.25) is 4.79 Å². The summed E-state index contributed by atoms with van der Waals surface area (Å²) in [7, 11) is 0. The summed E-state index contributed by atoms with van der Waals surface area (Å²) in [6.45, 7) is 3.77. The molecule has 2 heterocycles. The monoisotopic (exact) mass is 1130 g/mol. The van der Waals surface area contributed by atoms with Crippen LogP contribution < -0.4 is 0 Å². The van der Waals surface area contributed by atoms with Crippen LogP contribution in [0.4, 0.5) is 0 Å². The van der Waals surface area contributed by atoms with Gasteiger partial charge in [-0.1, -0.05) is 264 Å². The van der Waals surface area contributed by atoms with Gasteiger partial charge in [0.1, 0.15) is 54.9 Å². The van der Waals surface area contributed by atoms with Crippen LogP contribution in [0.25, 0.3) is 0 Å². The van der Waals surface area contributed by atoms with Crippen LogP contribution in [-0.4, -0.2) is 142 Å². The van der Waals surface area contributed by atoms with E-state index < -0.39 is 80.7 Å². The highest BCUT2D eigenvalue weighted by molar-refractivity contribution is 5.69. The normalized spacial score (nSPS) is 24.0. The van der Waals surface area contributed by atoms with E-state index >= 15 is 0 Å². The van der Waals surface area contributed by atoms with Gasteiger partial charge in [-0.15, -0.1) is 0 Å². The number of carbonyl (C=O) groups excluding carboxylic acids is 1. The van der Waals surface area contributed by atoms with E-state index in [0.29, 0.717) is 13.0 Å². The van der Waals surface area contributed by atoms with E-state index in [1.807, 2.05) is 0 Å². The Labute approximate surface area is 482 Å². The lowest BCUT2D eigenvalue weighted by molar-refractivity contribution is -0.332. The Balaban J connectivity index is 1.64. The van der Waals surface area contributed by atoms with Gasteiger partial charge in [-0.25, -0.2) is 0 Å². The molecule has 7 N–H and O–H groups in total. The molecule has 2 aliphatic rings. The first-order valence-corrected chi connectivity index (χ1v) is 33.3.